The third kappa shape index (κ3) is 3.31. The minimum Gasteiger partial charge on any atom is -0.353 e. The lowest BCUT2D eigenvalue weighted by Gasteiger charge is -2.41. The second kappa shape index (κ2) is 5.95. The minimum absolute atomic E-state index is 0.0325. The van der Waals surface area contributed by atoms with E-state index in [1.807, 2.05) is 13.8 Å². The molecule has 1 aliphatic heterocycles. The third-order valence-corrected chi connectivity index (χ3v) is 4.25. The molecule has 0 aromatic carbocycles. The maximum Gasteiger partial charge on any atom is 0.288 e. The standard InChI is InChI=1S/C13H16BrN5O2/c1-13(2,9-15)18-5-3-17(4-6-18)12-11(14)7-10(8-16-12)19(20)21/h7-8H,3-6H2,1-2H3. The van der Waals surface area contributed by atoms with Crippen LogP contribution in [-0.2, 0) is 0 Å². The van der Waals surface area contributed by atoms with Gasteiger partial charge in [-0.25, -0.2) is 4.98 Å². The fourth-order valence-electron chi connectivity index (χ4n) is 2.30. The van der Waals surface area contributed by atoms with Crippen LogP contribution < -0.4 is 4.90 Å². The smallest absolute Gasteiger partial charge is 0.288 e. The molecule has 1 aromatic heterocycles. The van der Waals surface area contributed by atoms with E-state index in [0.29, 0.717) is 10.3 Å². The summed E-state index contributed by atoms with van der Waals surface area (Å²) in [5.74, 6) is 0.704. The highest BCUT2D eigenvalue weighted by Crippen LogP contribution is 2.29. The number of rotatable bonds is 3. The van der Waals surface area contributed by atoms with Gasteiger partial charge in [-0.2, -0.15) is 5.26 Å². The molecular weight excluding hydrogens is 338 g/mol. The number of aromatic nitrogens is 1. The molecular formula is C13H16BrN5O2. The molecule has 1 aromatic rings. The van der Waals surface area contributed by atoms with Crippen LogP contribution >= 0.6 is 15.9 Å². The van der Waals surface area contributed by atoms with Crippen LogP contribution in [0.25, 0.3) is 0 Å². The summed E-state index contributed by atoms with van der Waals surface area (Å²) in [5.41, 5.74) is -0.512. The van der Waals surface area contributed by atoms with E-state index in [4.69, 9.17) is 5.26 Å². The van der Waals surface area contributed by atoms with Crippen LogP contribution in [0.15, 0.2) is 16.7 Å². The number of anilines is 1. The van der Waals surface area contributed by atoms with Crippen LogP contribution in [0.1, 0.15) is 13.8 Å². The van der Waals surface area contributed by atoms with Crippen molar-refractivity contribution in [3.63, 3.8) is 0 Å². The predicted octanol–water partition coefficient (Wildman–Crippen LogP) is 2.18. The van der Waals surface area contributed by atoms with Crippen LogP contribution in [0.3, 0.4) is 0 Å². The van der Waals surface area contributed by atoms with Gasteiger partial charge in [-0.05, 0) is 29.8 Å². The van der Waals surface area contributed by atoms with E-state index in [1.54, 1.807) is 0 Å². The molecule has 7 nitrogen and oxygen atoms in total. The van der Waals surface area contributed by atoms with Gasteiger partial charge in [0.2, 0.25) is 0 Å². The first-order chi connectivity index (χ1) is 9.85. The molecule has 21 heavy (non-hydrogen) atoms. The van der Waals surface area contributed by atoms with Gasteiger partial charge in [-0.3, -0.25) is 15.0 Å². The summed E-state index contributed by atoms with van der Waals surface area (Å²) >= 11 is 3.34. The summed E-state index contributed by atoms with van der Waals surface area (Å²) in [4.78, 5) is 18.6. The van der Waals surface area contributed by atoms with Crippen LogP contribution in [-0.4, -0.2) is 46.5 Å². The summed E-state index contributed by atoms with van der Waals surface area (Å²) in [5, 5.41) is 19.9. The van der Waals surface area contributed by atoms with E-state index in [2.05, 4.69) is 36.8 Å². The molecule has 0 atom stereocenters. The first-order valence-corrected chi connectivity index (χ1v) is 7.35. The van der Waals surface area contributed by atoms with Gasteiger partial charge in [0.15, 0.2) is 0 Å². The van der Waals surface area contributed by atoms with Gasteiger partial charge in [0.05, 0.1) is 15.5 Å². The number of hydrogen-bond donors (Lipinski definition) is 0. The number of nitrogens with zero attached hydrogens (tertiary/aromatic N) is 5. The van der Waals surface area contributed by atoms with E-state index < -0.39 is 10.5 Å². The van der Waals surface area contributed by atoms with Crippen molar-refractivity contribution in [3.8, 4) is 6.07 Å². The summed E-state index contributed by atoms with van der Waals surface area (Å²) in [6, 6.07) is 3.77. The SMILES string of the molecule is CC(C)(C#N)N1CCN(c2ncc([N+](=O)[O-])cc2Br)CC1. The Morgan fingerprint density at radius 1 is 1.43 bits per heavy atom. The molecule has 0 aliphatic carbocycles. The van der Waals surface area contributed by atoms with Crippen molar-refractivity contribution >= 4 is 27.4 Å². The van der Waals surface area contributed by atoms with Gasteiger partial charge < -0.3 is 4.90 Å². The Kier molecular flexibility index (Phi) is 4.44. The van der Waals surface area contributed by atoms with E-state index >= 15 is 0 Å². The maximum atomic E-state index is 10.7. The molecule has 2 heterocycles. The average Bonchev–Trinajstić information content (AvgIpc) is 2.47. The molecule has 0 unspecified atom stereocenters. The molecule has 0 saturated carbocycles. The Labute approximate surface area is 131 Å². The molecule has 0 radical (unpaired) electrons. The van der Waals surface area contributed by atoms with Crippen molar-refractivity contribution in [1.82, 2.24) is 9.88 Å². The normalized spacial score (nSPS) is 16.6. The van der Waals surface area contributed by atoms with Crippen molar-refractivity contribution < 1.29 is 4.92 Å². The fraction of sp³-hybridized carbons (Fsp3) is 0.538. The van der Waals surface area contributed by atoms with Gasteiger partial charge in [0.1, 0.15) is 17.6 Å². The number of nitro groups is 1. The highest BCUT2D eigenvalue weighted by molar-refractivity contribution is 9.10. The average molecular weight is 354 g/mol. The molecule has 0 amide bonds. The molecule has 112 valence electrons. The number of piperazine rings is 1. The second-order valence-corrected chi connectivity index (χ2v) is 6.26. The molecule has 8 heteroatoms. The van der Waals surface area contributed by atoms with Crippen LogP contribution in [0, 0.1) is 21.4 Å². The monoisotopic (exact) mass is 353 g/mol. The van der Waals surface area contributed by atoms with Gasteiger partial charge in [0, 0.05) is 32.2 Å². The molecule has 1 aliphatic rings. The topological polar surface area (TPSA) is 86.3 Å². The maximum absolute atomic E-state index is 10.7. The van der Waals surface area contributed by atoms with Gasteiger partial charge >= 0.3 is 0 Å². The summed E-state index contributed by atoms with van der Waals surface area (Å²) in [6.07, 6.45) is 1.27. The lowest BCUT2D eigenvalue weighted by Crippen LogP contribution is -2.54. The largest absolute Gasteiger partial charge is 0.353 e. The van der Waals surface area contributed by atoms with E-state index in [-0.39, 0.29) is 5.69 Å². The van der Waals surface area contributed by atoms with Crippen LogP contribution in [0.4, 0.5) is 11.5 Å². The lowest BCUT2D eigenvalue weighted by molar-refractivity contribution is -0.385. The summed E-state index contributed by atoms with van der Waals surface area (Å²) < 4.78 is 0.615. The van der Waals surface area contributed by atoms with Crippen molar-refractivity contribution in [2.45, 2.75) is 19.4 Å². The van der Waals surface area contributed by atoms with Gasteiger partial charge in [0.25, 0.3) is 5.69 Å². The van der Waals surface area contributed by atoms with Crippen LogP contribution in [0.5, 0.6) is 0 Å². The Hall–Kier alpha value is -1.72. The highest BCUT2D eigenvalue weighted by Gasteiger charge is 2.30. The first-order valence-electron chi connectivity index (χ1n) is 6.56. The van der Waals surface area contributed by atoms with E-state index in [9.17, 15) is 10.1 Å². The second-order valence-electron chi connectivity index (χ2n) is 5.40. The fourth-order valence-corrected chi connectivity index (χ4v) is 2.89. The molecule has 0 bridgehead atoms. The number of nitriles is 1. The Balaban J connectivity index is 2.10. The van der Waals surface area contributed by atoms with Crippen molar-refractivity contribution in [2.75, 3.05) is 31.1 Å². The van der Waals surface area contributed by atoms with Gasteiger partial charge in [-0.15, -0.1) is 0 Å². The highest BCUT2D eigenvalue weighted by atomic mass is 79.9. The lowest BCUT2D eigenvalue weighted by atomic mass is 10.0. The quantitative estimate of drug-likeness (QED) is 0.611. The Morgan fingerprint density at radius 3 is 2.52 bits per heavy atom. The summed E-state index contributed by atoms with van der Waals surface area (Å²) in [7, 11) is 0. The number of hydrogen-bond acceptors (Lipinski definition) is 6. The molecule has 1 saturated heterocycles. The zero-order chi connectivity index (χ0) is 15.6. The van der Waals surface area contributed by atoms with Crippen molar-refractivity contribution in [3.05, 3.63) is 26.9 Å². The molecule has 0 spiro atoms. The minimum atomic E-state index is -0.480. The van der Waals surface area contributed by atoms with E-state index in [1.165, 1.54) is 12.3 Å². The number of pyridine rings is 1. The van der Waals surface area contributed by atoms with Crippen molar-refractivity contribution in [2.24, 2.45) is 0 Å². The first kappa shape index (κ1) is 15.7. The Bertz CT molecular complexity index is 591. The molecule has 1 fully saturated rings. The third-order valence-electron chi connectivity index (χ3n) is 3.66. The molecule has 2 rings (SSSR count). The summed E-state index contributed by atoms with van der Waals surface area (Å²) in [6.45, 7) is 6.78. The zero-order valence-corrected chi connectivity index (χ0v) is 13.5. The molecule has 0 N–H and O–H groups in total. The Morgan fingerprint density at radius 2 is 2.05 bits per heavy atom. The predicted molar refractivity (Wildman–Crippen MR) is 82.1 cm³/mol. The number of halogens is 1. The van der Waals surface area contributed by atoms with Crippen molar-refractivity contribution in [1.29, 1.82) is 5.26 Å². The van der Waals surface area contributed by atoms with Gasteiger partial charge in [-0.1, -0.05) is 0 Å². The van der Waals surface area contributed by atoms with Crippen LogP contribution in [0.2, 0.25) is 0 Å². The van der Waals surface area contributed by atoms with E-state index in [0.717, 1.165) is 26.2 Å². The zero-order valence-electron chi connectivity index (χ0n) is 11.9.